The van der Waals surface area contributed by atoms with E-state index in [1.807, 2.05) is 11.4 Å². The number of nitrogen functional groups attached to an aromatic ring is 1. The topological polar surface area (TPSA) is 63.8 Å². The molecule has 2 aromatic rings. The van der Waals surface area contributed by atoms with Crippen molar-refractivity contribution in [2.75, 3.05) is 11.1 Å². The third kappa shape index (κ3) is 2.20. The van der Waals surface area contributed by atoms with Crippen LogP contribution in [-0.4, -0.2) is 9.97 Å². The minimum atomic E-state index is 0.522. The van der Waals surface area contributed by atoms with Gasteiger partial charge in [-0.25, -0.2) is 9.97 Å². The molecule has 0 aliphatic carbocycles. The summed E-state index contributed by atoms with van der Waals surface area (Å²) in [6, 6.07) is 3.68. The van der Waals surface area contributed by atoms with Gasteiger partial charge in [-0.2, -0.15) is 0 Å². The first kappa shape index (κ1) is 8.96. The molecule has 2 heterocycles. The fourth-order valence-electron chi connectivity index (χ4n) is 1.08. The summed E-state index contributed by atoms with van der Waals surface area (Å²) in [5.74, 6) is 0.522. The Morgan fingerprint density at radius 2 is 2.29 bits per heavy atom. The molecule has 2 rings (SSSR count). The Morgan fingerprint density at radius 1 is 1.36 bits per heavy atom. The van der Waals surface area contributed by atoms with Gasteiger partial charge < -0.3 is 11.1 Å². The van der Waals surface area contributed by atoms with E-state index < -0.39 is 0 Å². The first-order valence-corrected chi connectivity index (χ1v) is 5.06. The van der Waals surface area contributed by atoms with Crippen molar-refractivity contribution in [3.63, 3.8) is 0 Å². The molecule has 0 saturated carbocycles. The van der Waals surface area contributed by atoms with Gasteiger partial charge in [0.25, 0.3) is 0 Å². The molecular formula is C9H10N4S. The number of aromatic nitrogens is 2. The summed E-state index contributed by atoms with van der Waals surface area (Å²) < 4.78 is 0. The van der Waals surface area contributed by atoms with Gasteiger partial charge in [0.15, 0.2) is 0 Å². The van der Waals surface area contributed by atoms with Gasteiger partial charge in [-0.3, -0.25) is 0 Å². The second-order valence-electron chi connectivity index (χ2n) is 2.75. The molecule has 0 aromatic carbocycles. The largest absolute Gasteiger partial charge is 0.384 e. The molecule has 0 radical (unpaired) electrons. The quantitative estimate of drug-likeness (QED) is 0.802. The molecule has 14 heavy (non-hydrogen) atoms. The van der Waals surface area contributed by atoms with E-state index in [-0.39, 0.29) is 0 Å². The fourth-order valence-corrected chi connectivity index (χ4v) is 1.63. The van der Waals surface area contributed by atoms with Gasteiger partial charge in [0.05, 0.1) is 6.54 Å². The highest BCUT2D eigenvalue weighted by molar-refractivity contribution is 7.09. The summed E-state index contributed by atoms with van der Waals surface area (Å²) in [6.45, 7) is 0.723. The van der Waals surface area contributed by atoms with Crippen molar-refractivity contribution in [2.45, 2.75) is 6.54 Å². The molecule has 4 nitrogen and oxygen atoms in total. The average Bonchev–Trinajstić information content (AvgIpc) is 2.67. The van der Waals surface area contributed by atoms with Crippen LogP contribution in [0.4, 0.5) is 11.5 Å². The zero-order chi connectivity index (χ0) is 9.80. The molecule has 5 heteroatoms. The van der Waals surface area contributed by atoms with Crippen molar-refractivity contribution in [3.8, 4) is 0 Å². The fraction of sp³-hybridized carbons (Fsp3) is 0.111. The molecule has 2 aromatic heterocycles. The van der Waals surface area contributed by atoms with Gasteiger partial charge >= 0.3 is 0 Å². The lowest BCUT2D eigenvalue weighted by Gasteiger charge is -2.03. The number of anilines is 2. The average molecular weight is 206 g/mol. The zero-order valence-corrected chi connectivity index (χ0v) is 8.29. The number of pyridine rings is 1. The van der Waals surface area contributed by atoms with Gasteiger partial charge in [0, 0.05) is 29.5 Å². The van der Waals surface area contributed by atoms with Crippen LogP contribution in [0.3, 0.4) is 0 Å². The van der Waals surface area contributed by atoms with Crippen LogP contribution >= 0.6 is 11.3 Å². The SMILES string of the molecule is Nc1cc(NCc2nccs2)ccn1. The standard InChI is InChI=1S/C9H10N4S/c10-8-5-7(1-2-11-8)13-6-9-12-3-4-14-9/h1-5H,6H2,(H3,10,11,13). The van der Waals surface area contributed by atoms with Crippen molar-refractivity contribution >= 4 is 22.8 Å². The van der Waals surface area contributed by atoms with Gasteiger partial charge in [-0.05, 0) is 6.07 Å². The highest BCUT2D eigenvalue weighted by atomic mass is 32.1. The highest BCUT2D eigenvalue weighted by Crippen LogP contribution is 2.11. The normalized spacial score (nSPS) is 10.0. The van der Waals surface area contributed by atoms with E-state index in [9.17, 15) is 0 Å². The minimum absolute atomic E-state index is 0.522. The molecule has 0 aliphatic heterocycles. The molecule has 3 N–H and O–H groups in total. The maximum absolute atomic E-state index is 5.54. The monoisotopic (exact) mass is 206 g/mol. The number of hydrogen-bond acceptors (Lipinski definition) is 5. The van der Waals surface area contributed by atoms with Gasteiger partial charge in [0.2, 0.25) is 0 Å². The lowest BCUT2D eigenvalue weighted by atomic mass is 10.4. The molecule has 0 saturated heterocycles. The Bertz CT molecular complexity index is 399. The summed E-state index contributed by atoms with van der Waals surface area (Å²) in [5, 5.41) is 6.23. The maximum atomic E-state index is 5.54. The molecule has 0 bridgehead atoms. The third-order valence-corrected chi connectivity index (χ3v) is 2.49. The number of nitrogens with one attached hydrogen (secondary N) is 1. The summed E-state index contributed by atoms with van der Waals surface area (Å²) in [6.07, 6.45) is 3.47. The Labute approximate surface area is 85.8 Å². The summed E-state index contributed by atoms with van der Waals surface area (Å²) >= 11 is 1.63. The van der Waals surface area contributed by atoms with Crippen molar-refractivity contribution in [1.82, 2.24) is 9.97 Å². The Hall–Kier alpha value is -1.62. The molecule has 0 unspecified atom stereocenters. The smallest absolute Gasteiger partial charge is 0.125 e. The van der Waals surface area contributed by atoms with E-state index in [1.54, 1.807) is 29.8 Å². The summed E-state index contributed by atoms with van der Waals surface area (Å²) in [7, 11) is 0. The number of thiazole rings is 1. The molecular weight excluding hydrogens is 196 g/mol. The number of nitrogens with two attached hydrogens (primary N) is 1. The Kier molecular flexibility index (Phi) is 2.60. The van der Waals surface area contributed by atoms with Crippen LogP contribution in [-0.2, 0) is 6.54 Å². The van der Waals surface area contributed by atoms with Crippen molar-refractivity contribution in [2.24, 2.45) is 0 Å². The zero-order valence-electron chi connectivity index (χ0n) is 7.47. The Balaban J connectivity index is 1.98. The van der Waals surface area contributed by atoms with Crippen LogP contribution in [0.2, 0.25) is 0 Å². The first-order chi connectivity index (χ1) is 6.84. The lowest BCUT2D eigenvalue weighted by Crippen LogP contribution is -1.99. The van der Waals surface area contributed by atoms with E-state index >= 15 is 0 Å². The molecule has 72 valence electrons. The predicted molar refractivity (Wildman–Crippen MR) is 58.1 cm³/mol. The van der Waals surface area contributed by atoms with Gasteiger partial charge in [0.1, 0.15) is 10.8 Å². The number of rotatable bonds is 3. The third-order valence-electron chi connectivity index (χ3n) is 1.71. The first-order valence-electron chi connectivity index (χ1n) is 4.18. The molecule has 0 aliphatic rings. The van der Waals surface area contributed by atoms with E-state index in [2.05, 4.69) is 15.3 Å². The summed E-state index contributed by atoms with van der Waals surface area (Å²) in [5.41, 5.74) is 6.51. The van der Waals surface area contributed by atoms with E-state index in [4.69, 9.17) is 5.73 Å². The second kappa shape index (κ2) is 4.06. The van der Waals surface area contributed by atoms with Crippen LogP contribution in [0.1, 0.15) is 5.01 Å². The van der Waals surface area contributed by atoms with Crippen LogP contribution in [0.15, 0.2) is 29.9 Å². The molecule has 0 spiro atoms. The van der Waals surface area contributed by atoms with Crippen LogP contribution in [0.25, 0.3) is 0 Å². The predicted octanol–water partition coefficient (Wildman–Crippen LogP) is 1.73. The highest BCUT2D eigenvalue weighted by Gasteiger charge is 1.96. The summed E-state index contributed by atoms with van der Waals surface area (Å²) in [4.78, 5) is 8.07. The second-order valence-corrected chi connectivity index (χ2v) is 3.73. The molecule has 0 atom stereocenters. The molecule has 0 amide bonds. The lowest BCUT2D eigenvalue weighted by molar-refractivity contribution is 1.10. The number of hydrogen-bond donors (Lipinski definition) is 2. The van der Waals surface area contributed by atoms with Crippen LogP contribution in [0, 0.1) is 0 Å². The minimum Gasteiger partial charge on any atom is -0.384 e. The van der Waals surface area contributed by atoms with E-state index in [1.165, 1.54) is 0 Å². The maximum Gasteiger partial charge on any atom is 0.125 e. The van der Waals surface area contributed by atoms with Crippen molar-refractivity contribution in [1.29, 1.82) is 0 Å². The number of nitrogens with zero attached hydrogens (tertiary/aromatic N) is 2. The van der Waals surface area contributed by atoms with E-state index in [0.717, 1.165) is 17.2 Å². The van der Waals surface area contributed by atoms with E-state index in [0.29, 0.717) is 5.82 Å². The van der Waals surface area contributed by atoms with Crippen molar-refractivity contribution < 1.29 is 0 Å². The molecule has 0 fully saturated rings. The van der Waals surface area contributed by atoms with Crippen molar-refractivity contribution in [3.05, 3.63) is 34.9 Å². The van der Waals surface area contributed by atoms with Gasteiger partial charge in [-0.15, -0.1) is 11.3 Å². The van der Waals surface area contributed by atoms with Crippen LogP contribution < -0.4 is 11.1 Å². The van der Waals surface area contributed by atoms with Crippen LogP contribution in [0.5, 0.6) is 0 Å². The van der Waals surface area contributed by atoms with Gasteiger partial charge in [-0.1, -0.05) is 0 Å². The Morgan fingerprint density at radius 3 is 3.00 bits per heavy atom.